The molecule has 1 N–H and O–H groups in total. The summed E-state index contributed by atoms with van der Waals surface area (Å²) in [5.41, 5.74) is 3.90. The number of carbonyl (C=O) groups excluding carboxylic acids is 2. The number of carbonyl (C=O) groups is 2. The summed E-state index contributed by atoms with van der Waals surface area (Å²) in [6, 6.07) is 27.5. The normalized spacial score (nSPS) is 20.9. The minimum absolute atomic E-state index is 0.0156. The molecule has 0 bridgehead atoms. The van der Waals surface area contributed by atoms with Crippen LogP contribution in [0.1, 0.15) is 65.2 Å². The zero-order valence-corrected chi connectivity index (χ0v) is 22.3. The maximum absolute atomic E-state index is 14.0. The van der Waals surface area contributed by atoms with Gasteiger partial charge in [0.05, 0.1) is 11.4 Å². The first-order valence-corrected chi connectivity index (χ1v) is 14.6. The highest BCUT2D eigenvalue weighted by atomic mass is 32.2. The van der Waals surface area contributed by atoms with E-state index in [-0.39, 0.29) is 23.2 Å². The molecule has 1 saturated carbocycles. The number of nitrogens with one attached hydrogen (secondary N) is 1. The molecule has 1 heterocycles. The Hall–Kier alpha value is -3.05. The summed E-state index contributed by atoms with van der Waals surface area (Å²) >= 11 is 1.79. The van der Waals surface area contributed by atoms with Gasteiger partial charge >= 0.3 is 0 Å². The Morgan fingerprint density at radius 2 is 1.54 bits per heavy atom. The molecular weight excluding hydrogens is 476 g/mol. The van der Waals surface area contributed by atoms with Crippen molar-refractivity contribution in [1.82, 2.24) is 10.2 Å². The fourth-order valence-electron chi connectivity index (χ4n) is 5.78. The maximum Gasteiger partial charge on any atom is 0.255 e. The van der Waals surface area contributed by atoms with E-state index in [0.717, 1.165) is 24.0 Å². The Bertz CT molecular complexity index is 1190. The fourth-order valence-corrected chi connectivity index (χ4v) is 7.42. The Balaban J connectivity index is 1.42. The van der Waals surface area contributed by atoms with Gasteiger partial charge in [0.25, 0.3) is 5.91 Å². The molecule has 2 fully saturated rings. The number of aryl methyl sites for hydroxylation is 1. The van der Waals surface area contributed by atoms with Gasteiger partial charge in [-0.2, -0.15) is 0 Å². The number of nitrogens with zero attached hydrogens (tertiary/aromatic N) is 1. The second-order valence-corrected chi connectivity index (χ2v) is 11.5. The lowest BCUT2D eigenvalue weighted by Crippen LogP contribution is -2.52. The van der Waals surface area contributed by atoms with E-state index in [9.17, 15) is 9.59 Å². The van der Waals surface area contributed by atoms with Crippen molar-refractivity contribution in [2.75, 3.05) is 5.75 Å². The summed E-state index contributed by atoms with van der Waals surface area (Å²) in [5.74, 6) is 1.01. The molecule has 0 aromatic heterocycles. The molecule has 3 aromatic rings. The van der Waals surface area contributed by atoms with Crippen molar-refractivity contribution >= 4 is 23.6 Å². The predicted molar refractivity (Wildman–Crippen MR) is 151 cm³/mol. The van der Waals surface area contributed by atoms with Crippen LogP contribution in [0.5, 0.6) is 0 Å². The molecule has 192 valence electrons. The summed E-state index contributed by atoms with van der Waals surface area (Å²) < 4.78 is 0. The first-order valence-electron chi connectivity index (χ1n) is 13.5. The van der Waals surface area contributed by atoms with Crippen molar-refractivity contribution in [2.24, 2.45) is 5.92 Å². The van der Waals surface area contributed by atoms with E-state index in [2.05, 4.69) is 29.6 Å². The summed E-state index contributed by atoms with van der Waals surface area (Å²) in [6.07, 6.45) is 6.64. The first-order chi connectivity index (χ1) is 18.1. The zero-order valence-electron chi connectivity index (χ0n) is 21.5. The van der Waals surface area contributed by atoms with Crippen LogP contribution < -0.4 is 5.32 Å². The third-order valence-corrected chi connectivity index (χ3v) is 9.26. The van der Waals surface area contributed by atoms with Gasteiger partial charge in [0.15, 0.2) is 0 Å². The van der Waals surface area contributed by atoms with Gasteiger partial charge in [-0.1, -0.05) is 98.1 Å². The Morgan fingerprint density at radius 3 is 2.24 bits per heavy atom. The van der Waals surface area contributed by atoms with Crippen molar-refractivity contribution in [3.8, 4) is 0 Å². The molecule has 3 aromatic carbocycles. The number of benzene rings is 3. The highest BCUT2D eigenvalue weighted by Crippen LogP contribution is 2.41. The van der Waals surface area contributed by atoms with Crippen molar-refractivity contribution in [3.63, 3.8) is 0 Å². The van der Waals surface area contributed by atoms with E-state index in [1.54, 1.807) is 11.8 Å². The number of amides is 2. The minimum atomic E-state index is -0.481. The Labute approximate surface area is 224 Å². The van der Waals surface area contributed by atoms with E-state index >= 15 is 0 Å². The molecular formula is C32H36N2O2S. The summed E-state index contributed by atoms with van der Waals surface area (Å²) in [7, 11) is 0. The van der Waals surface area contributed by atoms with Crippen LogP contribution in [0.2, 0.25) is 0 Å². The molecule has 5 heteroatoms. The molecule has 4 nitrogen and oxygen atoms in total. The van der Waals surface area contributed by atoms with Crippen molar-refractivity contribution in [2.45, 2.75) is 62.9 Å². The average Bonchev–Trinajstić information content (AvgIpc) is 3.40. The monoisotopic (exact) mass is 512 g/mol. The molecule has 37 heavy (non-hydrogen) atoms. The molecule has 3 atom stereocenters. The number of thioether (sulfide) groups is 1. The van der Waals surface area contributed by atoms with Gasteiger partial charge in [-0.15, -0.1) is 11.8 Å². The molecule has 0 radical (unpaired) electrons. The second-order valence-electron chi connectivity index (χ2n) is 10.3. The topological polar surface area (TPSA) is 49.4 Å². The van der Waals surface area contributed by atoms with E-state index in [1.807, 2.05) is 72.5 Å². The molecule has 5 rings (SSSR count). The van der Waals surface area contributed by atoms with Crippen molar-refractivity contribution < 1.29 is 9.59 Å². The lowest BCUT2D eigenvalue weighted by atomic mass is 9.88. The second kappa shape index (κ2) is 12.0. The minimum Gasteiger partial charge on any atom is -0.347 e. The lowest BCUT2D eigenvalue weighted by Gasteiger charge is -2.36. The predicted octanol–water partition coefficient (Wildman–Crippen LogP) is 6.56. The molecule has 0 spiro atoms. The summed E-state index contributed by atoms with van der Waals surface area (Å²) in [4.78, 5) is 29.9. The van der Waals surface area contributed by atoms with Crippen LogP contribution >= 0.6 is 11.8 Å². The molecule has 1 saturated heterocycles. The highest BCUT2D eigenvalue weighted by Gasteiger charge is 2.45. The van der Waals surface area contributed by atoms with Crippen LogP contribution in [-0.2, 0) is 11.2 Å². The van der Waals surface area contributed by atoms with E-state index < -0.39 is 6.04 Å². The van der Waals surface area contributed by atoms with Gasteiger partial charge in [0.2, 0.25) is 5.91 Å². The Morgan fingerprint density at radius 1 is 0.892 bits per heavy atom. The van der Waals surface area contributed by atoms with Crippen LogP contribution in [-0.4, -0.2) is 33.9 Å². The Kier molecular flexibility index (Phi) is 8.30. The van der Waals surface area contributed by atoms with Gasteiger partial charge in [0.1, 0.15) is 6.04 Å². The third-order valence-electron chi connectivity index (χ3n) is 7.80. The van der Waals surface area contributed by atoms with E-state index in [1.165, 1.54) is 24.8 Å². The number of rotatable bonds is 7. The van der Waals surface area contributed by atoms with E-state index in [0.29, 0.717) is 23.7 Å². The molecule has 3 unspecified atom stereocenters. The molecule has 2 aliphatic rings. The van der Waals surface area contributed by atoms with Gasteiger partial charge in [0, 0.05) is 11.3 Å². The van der Waals surface area contributed by atoms with Crippen LogP contribution in [0.3, 0.4) is 0 Å². The quantitative estimate of drug-likeness (QED) is 0.390. The molecule has 2 amide bonds. The lowest BCUT2D eigenvalue weighted by molar-refractivity contribution is -0.125. The van der Waals surface area contributed by atoms with Crippen molar-refractivity contribution in [1.29, 1.82) is 0 Å². The first kappa shape index (κ1) is 25.6. The summed E-state index contributed by atoms with van der Waals surface area (Å²) in [5, 5.41) is 3.40. The smallest absolute Gasteiger partial charge is 0.255 e. The average molecular weight is 513 g/mol. The summed E-state index contributed by atoms with van der Waals surface area (Å²) in [6.45, 7) is 1.98. The van der Waals surface area contributed by atoms with Gasteiger partial charge < -0.3 is 10.2 Å². The SMILES string of the molecule is Cc1ccccc1C(=O)N1C(C(=O)NC(Cc2ccccc2)c2ccccc2)CSC1C1CCCCC1. The van der Waals surface area contributed by atoms with Crippen LogP contribution in [0, 0.1) is 12.8 Å². The van der Waals surface area contributed by atoms with E-state index in [4.69, 9.17) is 0 Å². The van der Waals surface area contributed by atoms with Crippen LogP contribution in [0.15, 0.2) is 84.9 Å². The largest absolute Gasteiger partial charge is 0.347 e. The molecule has 1 aliphatic carbocycles. The van der Waals surface area contributed by atoms with Gasteiger partial charge in [-0.3, -0.25) is 9.59 Å². The number of hydrogen-bond donors (Lipinski definition) is 1. The van der Waals surface area contributed by atoms with Crippen LogP contribution in [0.4, 0.5) is 0 Å². The third kappa shape index (κ3) is 5.93. The fraction of sp³-hybridized carbons (Fsp3) is 0.375. The molecule has 1 aliphatic heterocycles. The standard InChI is InChI=1S/C32H36N2O2S/c1-23-13-11-12-20-27(23)31(36)34-29(22-37-32(34)26-18-9-4-10-19-26)30(35)33-28(25-16-7-3-8-17-25)21-24-14-5-2-6-15-24/h2-3,5-8,11-17,20,26,28-29,32H,4,9-10,18-19,21-22H2,1H3,(H,33,35). The zero-order chi connectivity index (χ0) is 25.6. The van der Waals surface area contributed by atoms with Crippen molar-refractivity contribution in [3.05, 3.63) is 107 Å². The highest BCUT2D eigenvalue weighted by molar-refractivity contribution is 8.00. The van der Waals surface area contributed by atoms with Crippen LogP contribution in [0.25, 0.3) is 0 Å². The number of hydrogen-bond acceptors (Lipinski definition) is 3. The maximum atomic E-state index is 14.0. The van der Waals surface area contributed by atoms with Gasteiger partial charge in [-0.25, -0.2) is 0 Å². The van der Waals surface area contributed by atoms with Gasteiger partial charge in [-0.05, 0) is 54.9 Å².